The summed E-state index contributed by atoms with van der Waals surface area (Å²) in [6, 6.07) is 0. The van der Waals surface area contributed by atoms with Crippen LogP contribution in [0.2, 0.25) is 0 Å². The lowest BCUT2D eigenvalue weighted by Crippen LogP contribution is -1.99. The van der Waals surface area contributed by atoms with Crippen molar-refractivity contribution in [2.45, 2.75) is 50.3 Å². The van der Waals surface area contributed by atoms with E-state index in [9.17, 15) is 0 Å². The number of alkyl halides is 1. The van der Waals surface area contributed by atoms with E-state index in [-0.39, 0.29) is 0 Å². The SMILES string of the molecule is CCSCCCCCC(Br)C1CC1. The van der Waals surface area contributed by atoms with Gasteiger partial charge in [-0.1, -0.05) is 35.7 Å². The minimum absolute atomic E-state index is 0.839. The van der Waals surface area contributed by atoms with Gasteiger partial charge in [0.2, 0.25) is 0 Å². The standard InChI is InChI=1S/C11H21BrS/c1-2-13-9-5-3-4-6-11(12)10-7-8-10/h10-11H,2-9H2,1H3. The van der Waals surface area contributed by atoms with E-state index in [2.05, 4.69) is 34.6 Å². The third kappa shape index (κ3) is 6.01. The van der Waals surface area contributed by atoms with E-state index in [0.717, 1.165) is 10.7 Å². The molecule has 1 aliphatic carbocycles. The largest absolute Gasteiger partial charge is 0.162 e. The predicted molar refractivity (Wildman–Crippen MR) is 66.9 cm³/mol. The van der Waals surface area contributed by atoms with Crippen LogP contribution in [0.25, 0.3) is 0 Å². The van der Waals surface area contributed by atoms with Crippen molar-refractivity contribution in [2.24, 2.45) is 5.92 Å². The van der Waals surface area contributed by atoms with Gasteiger partial charge in [-0.05, 0) is 43.1 Å². The highest BCUT2D eigenvalue weighted by Gasteiger charge is 2.28. The van der Waals surface area contributed by atoms with Crippen LogP contribution in [0.5, 0.6) is 0 Å². The summed E-state index contributed by atoms with van der Waals surface area (Å²) in [4.78, 5) is 0.839. The van der Waals surface area contributed by atoms with Crippen LogP contribution in [0, 0.1) is 5.92 Å². The van der Waals surface area contributed by atoms with Crippen molar-refractivity contribution in [2.75, 3.05) is 11.5 Å². The summed E-state index contributed by atoms with van der Waals surface area (Å²) < 4.78 is 0. The summed E-state index contributed by atoms with van der Waals surface area (Å²) in [6.45, 7) is 2.24. The molecule has 2 heteroatoms. The van der Waals surface area contributed by atoms with E-state index < -0.39 is 0 Å². The van der Waals surface area contributed by atoms with Crippen molar-refractivity contribution in [3.8, 4) is 0 Å². The minimum atomic E-state index is 0.839. The molecule has 0 aromatic heterocycles. The van der Waals surface area contributed by atoms with Crippen molar-refractivity contribution in [3.05, 3.63) is 0 Å². The molecule has 1 rings (SSSR count). The van der Waals surface area contributed by atoms with Gasteiger partial charge in [0.1, 0.15) is 0 Å². The monoisotopic (exact) mass is 264 g/mol. The van der Waals surface area contributed by atoms with Crippen molar-refractivity contribution >= 4 is 27.7 Å². The first-order valence-corrected chi connectivity index (χ1v) is 7.63. The Bertz CT molecular complexity index is 123. The first-order chi connectivity index (χ1) is 6.34. The molecular formula is C11H21BrS. The van der Waals surface area contributed by atoms with Gasteiger partial charge < -0.3 is 0 Å². The van der Waals surface area contributed by atoms with E-state index in [1.54, 1.807) is 0 Å². The van der Waals surface area contributed by atoms with Gasteiger partial charge in [0.05, 0.1) is 0 Å². The highest BCUT2D eigenvalue weighted by molar-refractivity contribution is 9.09. The van der Waals surface area contributed by atoms with Crippen LogP contribution in [-0.4, -0.2) is 16.3 Å². The van der Waals surface area contributed by atoms with Crippen LogP contribution in [-0.2, 0) is 0 Å². The maximum atomic E-state index is 3.78. The second kappa shape index (κ2) is 7.17. The second-order valence-electron chi connectivity index (χ2n) is 3.90. The second-order valence-corrected chi connectivity index (χ2v) is 6.47. The summed E-state index contributed by atoms with van der Waals surface area (Å²) >= 11 is 5.86. The van der Waals surface area contributed by atoms with Crippen LogP contribution < -0.4 is 0 Å². The summed E-state index contributed by atoms with van der Waals surface area (Å²) in [6.07, 6.45) is 8.63. The van der Waals surface area contributed by atoms with Crippen LogP contribution in [0.1, 0.15) is 45.4 Å². The van der Waals surface area contributed by atoms with Crippen LogP contribution in [0.15, 0.2) is 0 Å². The van der Waals surface area contributed by atoms with Gasteiger partial charge in [0.25, 0.3) is 0 Å². The lowest BCUT2D eigenvalue weighted by molar-refractivity contribution is 0.619. The Morgan fingerprint density at radius 2 is 2.08 bits per heavy atom. The Kier molecular flexibility index (Phi) is 6.56. The van der Waals surface area contributed by atoms with Crippen LogP contribution >= 0.6 is 27.7 Å². The molecule has 1 atom stereocenters. The van der Waals surface area contributed by atoms with Crippen LogP contribution in [0.4, 0.5) is 0 Å². The Balaban J connectivity index is 1.77. The highest BCUT2D eigenvalue weighted by atomic mass is 79.9. The molecule has 1 fully saturated rings. The Hall–Kier alpha value is 0.830. The molecule has 0 N–H and O–H groups in total. The van der Waals surface area contributed by atoms with Gasteiger partial charge in [-0.2, -0.15) is 11.8 Å². The normalized spacial score (nSPS) is 18.9. The fraction of sp³-hybridized carbons (Fsp3) is 1.00. The number of halogens is 1. The van der Waals surface area contributed by atoms with Crippen molar-refractivity contribution in [1.82, 2.24) is 0 Å². The topological polar surface area (TPSA) is 0 Å². The summed E-state index contributed by atoms with van der Waals surface area (Å²) in [7, 11) is 0. The summed E-state index contributed by atoms with van der Waals surface area (Å²) in [5.74, 6) is 3.68. The molecule has 0 aromatic carbocycles. The molecule has 0 aliphatic heterocycles. The highest BCUT2D eigenvalue weighted by Crippen LogP contribution is 2.38. The van der Waals surface area contributed by atoms with Crippen molar-refractivity contribution in [3.63, 3.8) is 0 Å². The molecular weight excluding hydrogens is 244 g/mol. The molecule has 0 amide bonds. The molecule has 1 aliphatic rings. The molecule has 0 nitrogen and oxygen atoms in total. The number of thioether (sulfide) groups is 1. The molecule has 1 saturated carbocycles. The fourth-order valence-corrected chi connectivity index (χ4v) is 3.11. The Morgan fingerprint density at radius 3 is 2.69 bits per heavy atom. The van der Waals surface area contributed by atoms with Gasteiger partial charge in [0.15, 0.2) is 0 Å². The average molecular weight is 265 g/mol. The van der Waals surface area contributed by atoms with E-state index in [0.29, 0.717) is 0 Å². The predicted octanol–water partition coefficient (Wildman–Crippen LogP) is 4.47. The zero-order chi connectivity index (χ0) is 9.52. The molecule has 0 aromatic rings. The number of hydrogen-bond donors (Lipinski definition) is 0. The lowest BCUT2D eigenvalue weighted by Gasteiger charge is -2.06. The van der Waals surface area contributed by atoms with E-state index in [4.69, 9.17) is 0 Å². The minimum Gasteiger partial charge on any atom is -0.162 e. The molecule has 0 saturated heterocycles. The first kappa shape index (κ1) is 11.9. The smallest absolute Gasteiger partial charge is 0.0174 e. The summed E-state index contributed by atoms with van der Waals surface area (Å²) in [5, 5.41) is 0. The average Bonchev–Trinajstić information content (AvgIpc) is 2.93. The Labute approximate surface area is 95.4 Å². The van der Waals surface area contributed by atoms with Crippen molar-refractivity contribution < 1.29 is 0 Å². The van der Waals surface area contributed by atoms with E-state index in [1.807, 2.05) is 0 Å². The third-order valence-electron chi connectivity index (χ3n) is 2.61. The Morgan fingerprint density at radius 1 is 1.31 bits per heavy atom. The maximum Gasteiger partial charge on any atom is 0.0174 e. The third-order valence-corrected chi connectivity index (χ3v) is 4.80. The van der Waals surface area contributed by atoms with Gasteiger partial charge in [-0.25, -0.2) is 0 Å². The van der Waals surface area contributed by atoms with Gasteiger partial charge in [-0.3, -0.25) is 0 Å². The maximum absolute atomic E-state index is 3.78. The molecule has 0 spiro atoms. The van der Waals surface area contributed by atoms with E-state index >= 15 is 0 Å². The number of unbranched alkanes of at least 4 members (excludes halogenated alkanes) is 2. The van der Waals surface area contributed by atoms with Gasteiger partial charge in [0, 0.05) is 4.83 Å². The zero-order valence-electron chi connectivity index (χ0n) is 8.60. The molecule has 78 valence electrons. The molecule has 0 bridgehead atoms. The van der Waals surface area contributed by atoms with Crippen LogP contribution in [0.3, 0.4) is 0 Å². The molecule has 1 unspecified atom stereocenters. The first-order valence-electron chi connectivity index (χ1n) is 5.56. The zero-order valence-corrected chi connectivity index (χ0v) is 11.0. The van der Waals surface area contributed by atoms with Gasteiger partial charge >= 0.3 is 0 Å². The molecule has 13 heavy (non-hydrogen) atoms. The number of rotatable bonds is 8. The van der Waals surface area contributed by atoms with E-state index in [1.165, 1.54) is 50.0 Å². The van der Waals surface area contributed by atoms with Crippen molar-refractivity contribution in [1.29, 1.82) is 0 Å². The fourth-order valence-electron chi connectivity index (χ4n) is 1.56. The lowest BCUT2D eigenvalue weighted by atomic mass is 10.1. The molecule has 0 radical (unpaired) electrons. The summed E-state index contributed by atoms with van der Waals surface area (Å²) in [5.41, 5.74) is 0. The quantitative estimate of drug-likeness (QED) is 0.461. The number of hydrogen-bond acceptors (Lipinski definition) is 1. The van der Waals surface area contributed by atoms with Gasteiger partial charge in [-0.15, -0.1) is 0 Å². The molecule has 0 heterocycles.